The van der Waals surface area contributed by atoms with Gasteiger partial charge in [0.1, 0.15) is 5.82 Å². The maximum Gasteiger partial charge on any atom is 0.258 e. The molecule has 0 aromatic heterocycles. The van der Waals surface area contributed by atoms with Gasteiger partial charge < -0.3 is 4.90 Å². The Morgan fingerprint density at radius 2 is 1.83 bits per heavy atom. The molecule has 0 saturated carbocycles. The molecule has 1 aliphatic heterocycles. The fourth-order valence-electron chi connectivity index (χ4n) is 2.81. The van der Waals surface area contributed by atoms with Crippen LogP contribution >= 0.6 is 0 Å². The van der Waals surface area contributed by atoms with Crippen molar-refractivity contribution in [1.29, 1.82) is 0 Å². The number of carbonyl (C=O) groups excluding carboxylic acids is 2. The van der Waals surface area contributed by atoms with E-state index < -0.39 is 5.82 Å². The lowest BCUT2D eigenvalue weighted by atomic mass is 9.98. The molecule has 1 heterocycles. The highest BCUT2D eigenvalue weighted by Gasteiger charge is 2.28. The number of ketones is 1. The zero-order valence-electron chi connectivity index (χ0n) is 13.2. The summed E-state index contributed by atoms with van der Waals surface area (Å²) in [6.07, 6.45) is 0.215. The minimum atomic E-state index is -0.465. The summed E-state index contributed by atoms with van der Waals surface area (Å²) in [5, 5.41) is 0. The van der Waals surface area contributed by atoms with Gasteiger partial charge in [0.05, 0.1) is 5.69 Å². The van der Waals surface area contributed by atoms with Crippen molar-refractivity contribution in [2.24, 2.45) is 0 Å². The van der Waals surface area contributed by atoms with Crippen LogP contribution in [-0.2, 0) is 0 Å². The van der Waals surface area contributed by atoms with Gasteiger partial charge in [-0.2, -0.15) is 0 Å². The lowest BCUT2D eigenvalue weighted by molar-refractivity contribution is 0.0954. The third-order valence-electron chi connectivity index (χ3n) is 4.18. The van der Waals surface area contributed by atoms with Crippen molar-refractivity contribution in [3.05, 3.63) is 65.0 Å². The normalized spacial score (nSPS) is 14.1. The number of anilines is 1. The van der Waals surface area contributed by atoms with E-state index in [1.807, 2.05) is 12.1 Å². The predicted molar refractivity (Wildman–Crippen MR) is 87.6 cm³/mol. The summed E-state index contributed by atoms with van der Waals surface area (Å²) < 4.78 is 13.4. The molecule has 1 aliphatic rings. The summed E-state index contributed by atoms with van der Waals surface area (Å²) in [7, 11) is 0. The van der Waals surface area contributed by atoms with Crippen LogP contribution in [0.4, 0.5) is 10.1 Å². The van der Waals surface area contributed by atoms with Gasteiger partial charge in [0.15, 0.2) is 5.78 Å². The second kappa shape index (κ2) is 5.95. The fourth-order valence-corrected chi connectivity index (χ4v) is 2.81. The van der Waals surface area contributed by atoms with Crippen LogP contribution in [0.5, 0.6) is 0 Å². The monoisotopic (exact) mass is 311 g/mol. The van der Waals surface area contributed by atoms with E-state index in [9.17, 15) is 14.0 Å². The number of rotatable bonds is 2. The van der Waals surface area contributed by atoms with Crippen LogP contribution in [-0.4, -0.2) is 18.2 Å². The van der Waals surface area contributed by atoms with E-state index in [-0.39, 0.29) is 23.7 Å². The summed E-state index contributed by atoms with van der Waals surface area (Å²) in [6, 6.07) is 11.5. The number of nitrogens with zero attached hydrogens (tertiary/aromatic N) is 1. The second-order valence-electron chi connectivity index (χ2n) is 6.07. The van der Waals surface area contributed by atoms with Crippen LogP contribution in [0.3, 0.4) is 0 Å². The Labute approximate surface area is 134 Å². The van der Waals surface area contributed by atoms with E-state index in [1.165, 1.54) is 18.2 Å². The predicted octanol–water partition coefficient (Wildman–Crippen LogP) is 4.18. The van der Waals surface area contributed by atoms with Crippen LogP contribution in [0.1, 0.15) is 52.5 Å². The lowest BCUT2D eigenvalue weighted by Crippen LogP contribution is -2.37. The quantitative estimate of drug-likeness (QED) is 0.834. The molecule has 23 heavy (non-hydrogen) atoms. The number of carbonyl (C=O) groups is 2. The molecule has 0 N–H and O–H groups in total. The lowest BCUT2D eigenvalue weighted by Gasteiger charge is -2.28. The first-order valence-corrected chi connectivity index (χ1v) is 7.72. The number of fused-ring (bicyclic) bond motifs is 1. The minimum Gasteiger partial charge on any atom is -0.307 e. The molecule has 0 spiro atoms. The van der Waals surface area contributed by atoms with Gasteiger partial charge in [-0.15, -0.1) is 0 Å². The van der Waals surface area contributed by atoms with Crippen LogP contribution in [0.2, 0.25) is 0 Å². The molecule has 0 fully saturated rings. The molecule has 0 bridgehead atoms. The molecular formula is C19H18FNO2. The van der Waals surface area contributed by atoms with Crippen LogP contribution < -0.4 is 4.90 Å². The largest absolute Gasteiger partial charge is 0.307 e. The van der Waals surface area contributed by atoms with Gasteiger partial charge in [-0.05, 0) is 41.8 Å². The van der Waals surface area contributed by atoms with Crippen molar-refractivity contribution < 1.29 is 14.0 Å². The fraction of sp³-hybridized carbons (Fsp3) is 0.263. The Morgan fingerprint density at radius 3 is 2.48 bits per heavy atom. The standard InChI is InChI=1S/C19H18FNO2/c1-12(2)13-3-5-14(6-4-13)19(23)21-10-9-18(22)16-11-15(20)7-8-17(16)21/h3-8,11-12H,9-10H2,1-2H3. The van der Waals surface area contributed by atoms with Gasteiger partial charge in [0.2, 0.25) is 0 Å². The Kier molecular flexibility index (Phi) is 3.99. The maximum atomic E-state index is 13.4. The van der Waals surface area contributed by atoms with E-state index >= 15 is 0 Å². The van der Waals surface area contributed by atoms with E-state index in [4.69, 9.17) is 0 Å². The number of hydrogen-bond donors (Lipinski definition) is 0. The van der Waals surface area contributed by atoms with Crippen LogP contribution in [0.25, 0.3) is 0 Å². The second-order valence-corrected chi connectivity index (χ2v) is 6.07. The van der Waals surface area contributed by atoms with Gasteiger partial charge >= 0.3 is 0 Å². The molecule has 4 heteroatoms. The zero-order chi connectivity index (χ0) is 16.6. The molecule has 0 aliphatic carbocycles. The highest BCUT2D eigenvalue weighted by molar-refractivity contribution is 6.13. The highest BCUT2D eigenvalue weighted by Crippen LogP contribution is 2.29. The first kappa shape index (κ1) is 15.4. The summed E-state index contributed by atoms with van der Waals surface area (Å²) in [5.41, 5.74) is 2.50. The van der Waals surface area contributed by atoms with E-state index in [2.05, 4.69) is 13.8 Å². The Hall–Kier alpha value is -2.49. The topological polar surface area (TPSA) is 37.4 Å². The summed E-state index contributed by atoms with van der Waals surface area (Å²) in [5.74, 6) is -0.359. The van der Waals surface area contributed by atoms with Crippen LogP contribution in [0, 0.1) is 5.82 Å². The summed E-state index contributed by atoms with van der Waals surface area (Å²) >= 11 is 0. The third kappa shape index (κ3) is 2.89. The maximum absolute atomic E-state index is 13.4. The number of amides is 1. The van der Waals surface area contributed by atoms with Gasteiger partial charge in [0.25, 0.3) is 5.91 Å². The molecule has 2 aromatic rings. The molecule has 3 rings (SSSR count). The van der Waals surface area contributed by atoms with Gasteiger partial charge in [-0.1, -0.05) is 26.0 Å². The molecule has 2 aromatic carbocycles. The van der Waals surface area contributed by atoms with Crippen molar-refractivity contribution >= 4 is 17.4 Å². The first-order chi connectivity index (χ1) is 11.0. The number of hydrogen-bond acceptors (Lipinski definition) is 2. The van der Waals surface area contributed by atoms with Crippen molar-refractivity contribution in [3.63, 3.8) is 0 Å². The van der Waals surface area contributed by atoms with Crippen molar-refractivity contribution in [2.45, 2.75) is 26.2 Å². The molecule has 118 valence electrons. The van der Waals surface area contributed by atoms with E-state index in [0.717, 1.165) is 5.56 Å². The van der Waals surface area contributed by atoms with Gasteiger partial charge in [-0.3, -0.25) is 9.59 Å². The Morgan fingerprint density at radius 1 is 1.13 bits per heavy atom. The summed E-state index contributed by atoms with van der Waals surface area (Å²) in [4.78, 5) is 26.3. The molecule has 0 atom stereocenters. The molecule has 0 unspecified atom stereocenters. The number of benzene rings is 2. The molecule has 0 radical (unpaired) electrons. The molecule has 0 saturated heterocycles. The smallest absolute Gasteiger partial charge is 0.258 e. The first-order valence-electron chi connectivity index (χ1n) is 7.72. The van der Waals surface area contributed by atoms with Gasteiger partial charge in [-0.25, -0.2) is 4.39 Å². The molecule has 1 amide bonds. The zero-order valence-corrected chi connectivity index (χ0v) is 13.2. The van der Waals surface area contributed by atoms with E-state index in [0.29, 0.717) is 23.7 Å². The average molecular weight is 311 g/mol. The number of Topliss-reactive ketones (excluding diaryl/α,β-unsaturated/α-hetero) is 1. The summed E-state index contributed by atoms with van der Waals surface area (Å²) in [6.45, 7) is 4.51. The third-order valence-corrected chi connectivity index (χ3v) is 4.18. The van der Waals surface area contributed by atoms with Crippen molar-refractivity contribution in [1.82, 2.24) is 0 Å². The van der Waals surface area contributed by atoms with Crippen LogP contribution in [0.15, 0.2) is 42.5 Å². The number of halogens is 1. The molecular weight excluding hydrogens is 293 g/mol. The van der Waals surface area contributed by atoms with Gasteiger partial charge in [0, 0.05) is 24.1 Å². The van der Waals surface area contributed by atoms with E-state index in [1.54, 1.807) is 17.0 Å². The SMILES string of the molecule is CC(C)c1ccc(C(=O)N2CCC(=O)c3cc(F)ccc32)cc1. The minimum absolute atomic E-state index is 0.126. The van der Waals surface area contributed by atoms with Crippen molar-refractivity contribution in [3.8, 4) is 0 Å². The Balaban J connectivity index is 1.94. The Bertz CT molecular complexity index is 765. The van der Waals surface area contributed by atoms with Crippen molar-refractivity contribution in [2.75, 3.05) is 11.4 Å². The average Bonchev–Trinajstić information content (AvgIpc) is 2.55. The molecule has 3 nitrogen and oxygen atoms in total. The highest BCUT2D eigenvalue weighted by atomic mass is 19.1.